The van der Waals surface area contributed by atoms with E-state index in [1.807, 2.05) is 18.2 Å². The van der Waals surface area contributed by atoms with E-state index >= 15 is 0 Å². The molecule has 0 unspecified atom stereocenters. The Kier molecular flexibility index (Phi) is 3.11. The molecule has 0 radical (unpaired) electrons. The van der Waals surface area contributed by atoms with Crippen molar-refractivity contribution >= 4 is 5.69 Å². The SMILES string of the molecule is Cc1ccc(N)cc1CCCO. The maximum atomic E-state index is 8.66. The Balaban J connectivity index is 2.75. The van der Waals surface area contributed by atoms with E-state index in [0.717, 1.165) is 18.5 Å². The number of aliphatic hydroxyl groups excluding tert-OH is 1. The summed E-state index contributed by atoms with van der Waals surface area (Å²) in [5, 5.41) is 8.66. The summed E-state index contributed by atoms with van der Waals surface area (Å²) in [4.78, 5) is 0. The van der Waals surface area contributed by atoms with Crippen molar-refractivity contribution in [1.82, 2.24) is 0 Å². The van der Waals surface area contributed by atoms with Gasteiger partial charge in [0.2, 0.25) is 0 Å². The van der Waals surface area contributed by atoms with Crippen LogP contribution in [0.4, 0.5) is 5.69 Å². The van der Waals surface area contributed by atoms with Gasteiger partial charge in [0.15, 0.2) is 0 Å². The molecule has 0 saturated carbocycles. The molecule has 0 spiro atoms. The highest BCUT2D eigenvalue weighted by molar-refractivity contribution is 5.44. The molecule has 66 valence electrons. The van der Waals surface area contributed by atoms with E-state index in [0.29, 0.717) is 0 Å². The van der Waals surface area contributed by atoms with Crippen LogP contribution in [0.5, 0.6) is 0 Å². The molecule has 0 aliphatic heterocycles. The van der Waals surface area contributed by atoms with E-state index < -0.39 is 0 Å². The Morgan fingerprint density at radius 2 is 2.17 bits per heavy atom. The second kappa shape index (κ2) is 4.12. The number of aliphatic hydroxyl groups is 1. The maximum absolute atomic E-state index is 8.66. The Morgan fingerprint density at radius 1 is 1.42 bits per heavy atom. The van der Waals surface area contributed by atoms with Crippen LogP contribution in [0.15, 0.2) is 18.2 Å². The van der Waals surface area contributed by atoms with E-state index in [2.05, 4.69) is 6.92 Å². The maximum Gasteiger partial charge on any atom is 0.0434 e. The second-order valence-electron chi connectivity index (χ2n) is 3.01. The van der Waals surface area contributed by atoms with Crippen molar-refractivity contribution in [3.8, 4) is 0 Å². The van der Waals surface area contributed by atoms with Crippen LogP contribution in [0.1, 0.15) is 17.5 Å². The average molecular weight is 165 g/mol. The molecule has 0 bridgehead atoms. The van der Waals surface area contributed by atoms with E-state index in [9.17, 15) is 0 Å². The third-order valence-electron chi connectivity index (χ3n) is 1.98. The summed E-state index contributed by atoms with van der Waals surface area (Å²) in [6, 6.07) is 5.89. The number of anilines is 1. The molecular weight excluding hydrogens is 150 g/mol. The van der Waals surface area contributed by atoms with E-state index in [1.165, 1.54) is 11.1 Å². The molecule has 12 heavy (non-hydrogen) atoms. The van der Waals surface area contributed by atoms with Crippen molar-refractivity contribution in [1.29, 1.82) is 0 Å². The van der Waals surface area contributed by atoms with Gasteiger partial charge in [0, 0.05) is 12.3 Å². The highest BCUT2D eigenvalue weighted by atomic mass is 16.2. The summed E-state index contributed by atoms with van der Waals surface area (Å²) in [5.41, 5.74) is 8.92. The van der Waals surface area contributed by atoms with Gasteiger partial charge < -0.3 is 10.8 Å². The molecule has 0 aliphatic carbocycles. The Labute approximate surface area is 73.0 Å². The largest absolute Gasteiger partial charge is 0.399 e. The van der Waals surface area contributed by atoms with Crippen molar-refractivity contribution in [2.45, 2.75) is 19.8 Å². The van der Waals surface area contributed by atoms with E-state index in [1.54, 1.807) is 0 Å². The van der Waals surface area contributed by atoms with Gasteiger partial charge >= 0.3 is 0 Å². The number of rotatable bonds is 3. The van der Waals surface area contributed by atoms with Gasteiger partial charge in [-0.2, -0.15) is 0 Å². The third-order valence-corrected chi connectivity index (χ3v) is 1.98. The zero-order chi connectivity index (χ0) is 8.97. The van der Waals surface area contributed by atoms with Gasteiger partial charge in [-0.1, -0.05) is 6.07 Å². The molecule has 0 aromatic heterocycles. The monoisotopic (exact) mass is 165 g/mol. The minimum atomic E-state index is 0.244. The number of nitrogen functional groups attached to an aromatic ring is 1. The van der Waals surface area contributed by atoms with Gasteiger partial charge in [0.1, 0.15) is 0 Å². The van der Waals surface area contributed by atoms with Gasteiger partial charge in [-0.3, -0.25) is 0 Å². The fourth-order valence-corrected chi connectivity index (χ4v) is 1.23. The first kappa shape index (κ1) is 9.07. The molecular formula is C10H15NO. The Morgan fingerprint density at radius 3 is 2.83 bits per heavy atom. The topological polar surface area (TPSA) is 46.2 Å². The molecule has 2 heteroatoms. The Bertz CT molecular complexity index is 258. The van der Waals surface area contributed by atoms with Crippen molar-refractivity contribution in [2.24, 2.45) is 0 Å². The fraction of sp³-hybridized carbons (Fsp3) is 0.400. The first-order valence-electron chi connectivity index (χ1n) is 4.20. The van der Waals surface area contributed by atoms with Gasteiger partial charge in [-0.05, 0) is 43.0 Å². The predicted octanol–water partition coefficient (Wildman–Crippen LogP) is 1.50. The van der Waals surface area contributed by atoms with Crippen LogP contribution in [0.25, 0.3) is 0 Å². The Hall–Kier alpha value is -1.02. The van der Waals surface area contributed by atoms with E-state index in [4.69, 9.17) is 10.8 Å². The first-order valence-corrected chi connectivity index (χ1v) is 4.20. The third kappa shape index (κ3) is 2.24. The van der Waals surface area contributed by atoms with Crippen LogP contribution in [0, 0.1) is 6.92 Å². The number of aryl methyl sites for hydroxylation is 2. The minimum absolute atomic E-state index is 0.244. The smallest absolute Gasteiger partial charge is 0.0434 e. The quantitative estimate of drug-likeness (QED) is 0.667. The fourth-order valence-electron chi connectivity index (χ4n) is 1.23. The molecule has 0 atom stereocenters. The second-order valence-corrected chi connectivity index (χ2v) is 3.01. The van der Waals surface area contributed by atoms with Crippen LogP contribution >= 0.6 is 0 Å². The zero-order valence-corrected chi connectivity index (χ0v) is 7.38. The van der Waals surface area contributed by atoms with Gasteiger partial charge in [0.05, 0.1) is 0 Å². The number of nitrogens with two attached hydrogens (primary N) is 1. The first-order chi connectivity index (χ1) is 5.74. The summed E-state index contributed by atoms with van der Waals surface area (Å²) in [5.74, 6) is 0. The molecule has 1 aromatic rings. The minimum Gasteiger partial charge on any atom is -0.399 e. The predicted molar refractivity (Wildman–Crippen MR) is 51.0 cm³/mol. The summed E-state index contributed by atoms with van der Waals surface area (Å²) in [7, 11) is 0. The van der Waals surface area contributed by atoms with Crippen molar-refractivity contribution in [2.75, 3.05) is 12.3 Å². The lowest BCUT2D eigenvalue weighted by molar-refractivity contribution is 0.288. The average Bonchev–Trinajstić information content (AvgIpc) is 2.07. The summed E-state index contributed by atoms with van der Waals surface area (Å²) in [6.45, 7) is 2.31. The number of benzene rings is 1. The lowest BCUT2D eigenvalue weighted by Crippen LogP contribution is -1.94. The van der Waals surface area contributed by atoms with Crippen molar-refractivity contribution < 1.29 is 5.11 Å². The standard InChI is InChI=1S/C10H15NO/c1-8-4-5-10(11)7-9(8)3-2-6-12/h4-5,7,12H,2-3,6,11H2,1H3. The highest BCUT2D eigenvalue weighted by Gasteiger charge is 1.97. The molecule has 0 fully saturated rings. The van der Waals surface area contributed by atoms with E-state index in [-0.39, 0.29) is 6.61 Å². The van der Waals surface area contributed by atoms with Crippen LogP contribution < -0.4 is 5.73 Å². The molecule has 0 heterocycles. The summed E-state index contributed by atoms with van der Waals surface area (Å²) >= 11 is 0. The van der Waals surface area contributed by atoms with Gasteiger partial charge in [-0.25, -0.2) is 0 Å². The molecule has 3 N–H and O–H groups in total. The van der Waals surface area contributed by atoms with Gasteiger partial charge in [0.25, 0.3) is 0 Å². The number of hydrogen-bond donors (Lipinski definition) is 2. The molecule has 1 rings (SSSR count). The lowest BCUT2D eigenvalue weighted by Gasteiger charge is -2.05. The highest BCUT2D eigenvalue weighted by Crippen LogP contribution is 2.13. The van der Waals surface area contributed by atoms with Crippen molar-refractivity contribution in [3.05, 3.63) is 29.3 Å². The van der Waals surface area contributed by atoms with Crippen LogP contribution in [-0.2, 0) is 6.42 Å². The lowest BCUT2D eigenvalue weighted by atomic mass is 10.0. The van der Waals surface area contributed by atoms with Crippen LogP contribution in [0.3, 0.4) is 0 Å². The zero-order valence-electron chi connectivity index (χ0n) is 7.38. The molecule has 0 amide bonds. The molecule has 0 aliphatic rings. The number of hydrogen-bond acceptors (Lipinski definition) is 2. The van der Waals surface area contributed by atoms with Crippen LogP contribution in [0.2, 0.25) is 0 Å². The normalized spacial score (nSPS) is 10.2. The van der Waals surface area contributed by atoms with Crippen molar-refractivity contribution in [3.63, 3.8) is 0 Å². The van der Waals surface area contributed by atoms with Crippen LogP contribution in [-0.4, -0.2) is 11.7 Å². The summed E-state index contributed by atoms with van der Waals surface area (Å²) < 4.78 is 0. The molecule has 1 aromatic carbocycles. The van der Waals surface area contributed by atoms with Gasteiger partial charge in [-0.15, -0.1) is 0 Å². The summed E-state index contributed by atoms with van der Waals surface area (Å²) in [6.07, 6.45) is 1.72. The molecule has 2 nitrogen and oxygen atoms in total. The molecule has 0 saturated heterocycles.